The van der Waals surface area contributed by atoms with Gasteiger partial charge in [-0.3, -0.25) is 0 Å². The molecule has 0 heterocycles. The van der Waals surface area contributed by atoms with E-state index in [-0.39, 0.29) is 18.6 Å². The molecular weight excluding hydrogens is 282 g/mol. The van der Waals surface area contributed by atoms with Crippen molar-refractivity contribution in [3.8, 4) is 5.75 Å². The second-order valence-corrected chi connectivity index (χ2v) is 4.92. The summed E-state index contributed by atoms with van der Waals surface area (Å²) in [5.74, 6) is 1.03. The Labute approximate surface area is 111 Å². The summed E-state index contributed by atoms with van der Waals surface area (Å²) in [4.78, 5) is 0. The molecule has 1 aromatic carbocycles. The average Bonchev–Trinajstić information content (AvgIpc) is 2.35. The number of nitrogens with one attached hydrogen (secondary N) is 1. The van der Waals surface area contributed by atoms with Crippen LogP contribution in [0.5, 0.6) is 5.75 Å². The lowest BCUT2D eigenvalue weighted by Crippen LogP contribution is -2.27. The molecule has 0 bridgehead atoms. The molecule has 2 unspecified atom stereocenters. The molecule has 0 aliphatic rings. The third-order valence-corrected chi connectivity index (χ3v) is 3.56. The molecule has 1 rings (SSSR count). The van der Waals surface area contributed by atoms with E-state index in [4.69, 9.17) is 4.74 Å². The van der Waals surface area contributed by atoms with E-state index >= 15 is 0 Å². The second kappa shape index (κ2) is 6.99. The van der Waals surface area contributed by atoms with E-state index in [1.54, 1.807) is 7.11 Å². The third-order valence-electron chi connectivity index (χ3n) is 3.07. The fraction of sp³-hybridized carbons (Fsp3) is 0.538. The molecule has 4 heteroatoms. The van der Waals surface area contributed by atoms with Gasteiger partial charge in [0.05, 0.1) is 7.11 Å². The van der Waals surface area contributed by atoms with E-state index in [2.05, 4.69) is 28.2 Å². The number of benzene rings is 1. The Morgan fingerprint density at radius 1 is 1.47 bits per heavy atom. The zero-order valence-electron chi connectivity index (χ0n) is 10.5. The Morgan fingerprint density at radius 2 is 2.18 bits per heavy atom. The minimum absolute atomic E-state index is 0.0949. The lowest BCUT2D eigenvalue weighted by Gasteiger charge is -2.26. The van der Waals surface area contributed by atoms with Crippen LogP contribution in [0.15, 0.2) is 22.7 Å². The van der Waals surface area contributed by atoms with E-state index in [0.717, 1.165) is 22.2 Å². The molecule has 2 N–H and O–H groups in total. The van der Waals surface area contributed by atoms with Gasteiger partial charge in [0.15, 0.2) is 0 Å². The standard InChI is InChI=1S/C13H20BrNO2/c1-4-9(8-16)13(15-2)11-7-10(14)5-6-12(11)17-3/h5-7,9,13,15-16H,4,8H2,1-3H3. The van der Waals surface area contributed by atoms with Crippen molar-refractivity contribution in [3.05, 3.63) is 28.2 Å². The predicted octanol–water partition coefficient (Wildman–Crippen LogP) is 2.74. The van der Waals surface area contributed by atoms with Crippen LogP contribution in [-0.2, 0) is 0 Å². The van der Waals surface area contributed by atoms with Gasteiger partial charge in [-0.2, -0.15) is 0 Å². The molecule has 3 nitrogen and oxygen atoms in total. The molecule has 0 aliphatic heterocycles. The van der Waals surface area contributed by atoms with E-state index in [0.29, 0.717) is 0 Å². The first-order valence-corrected chi connectivity index (χ1v) is 6.58. The van der Waals surface area contributed by atoms with Crippen molar-refractivity contribution in [3.63, 3.8) is 0 Å². The van der Waals surface area contributed by atoms with Crippen LogP contribution in [0.25, 0.3) is 0 Å². The van der Waals surface area contributed by atoms with Crippen LogP contribution in [0.4, 0.5) is 0 Å². The summed E-state index contributed by atoms with van der Waals surface area (Å²) in [6.07, 6.45) is 0.914. The zero-order chi connectivity index (χ0) is 12.8. The fourth-order valence-electron chi connectivity index (χ4n) is 2.06. The van der Waals surface area contributed by atoms with Gasteiger partial charge in [-0.25, -0.2) is 0 Å². The lowest BCUT2D eigenvalue weighted by atomic mass is 9.91. The summed E-state index contributed by atoms with van der Waals surface area (Å²) < 4.78 is 6.39. The van der Waals surface area contributed by atoms with Gasteiger partial charge in [0.2, 0.25) is 0 Å². The predicted molar refractivity (Wildman–Crippen MR) is 73.4 cm³/mol. The Bertz CT molecular complexity index is 353. The first-order chi connectivity index (χ1) is 8.17. The van der Waals surface area contributed by atoms with E-state index in [1.807, 2.05) is 25.2 Å². The van der Waals surface area contributed by atoms with E-state index < -0.39 is 0 Å². The Kier molecular flexibility index (Phi) is 5.95. The normalized spacial score (nSPS) is 14.4. The molecule has 17 heavy (non-hydrogen) atoms. The van der Waals surface area contributed by atoms with Crippen molar-refractivity contribution in [2.75, 3.05) is 20.8 Å². The highest BCUT2D eigenvalue weighted by Gasteiger charge is 2.22. The van der Waals surface area contributed by atoms with Crippen LogP contribution in [0.3, 0.4) is 0 Å². The summed E-state index contributed by atoms with van der Waals surface area (Å²) in [7, 11) is 3.57. The molecule has 0 aliphatic carbocycles. The van der Waals surface area contributed by atoms with Gasteiger partial charge in [0.25, 0.3) is 0 Å². The van der Waals surface area contributed by atoms with Gasteiger partial charge in [-0.15, -0.1) is 0 Å². The maximum atomic E-state index is 9.43. The minimum Gasteiger partial charge on any atom is -0.496 e. The van der Waals surface area contributed by atoms with Crippen molar-refractivity contribution in [2.45, 2.75) is 19.4 Å². The number of hydrogen-bond acceptors (Lipinski definition) is 3. The topological polar surface area (TPSA) is 41.5 Å². The second-order valence-electron chi connectivity index (χ2n) is 4.00. The van der Waals surface area contributed by atoms with Crippen LogP contribution in [0.1, 0.15) is 24.9 Å². The molecule has 0 aromatic heterocycles. The van der Waals surface area contributed by atoms with Crippen LogP contribution in [0.2, 0.25) is 0 Å². The van der Waals surface area contributed by atoms with Crippen LogP contribution in [0, 0.1) is 5.92 Å². The average molecular weight is 302 g/mol. The molecule has 0 spiro atoms. The smallest absolute Gasteiger partial charge is 0.123 e. The molecule has 0 saturated heterocycles. The molecule has 0 saturated carbocycles. The summed E-state index contributed by atoms with van der Waals surface area (Å²) in [6.45, 7) is 2.24. The maximum Gasteiger partial charge on any atom is 0.123 e. The van der Waals surface area contributed by atoms with Crippen molar-refractivity contribution in [1.29, 1.82) is 0 Å². The van der Waals surface area contributed by atoms with Crippen LogP contribution >= 0.6 is 15.9 Å². The number of ether oxygens (including phenoxy) is 1. The molecule has 96 valence electrons. The van der Waals surface area contributed by atoms with Crippen molar-refractivity contribution in [1.82, 2.24) is 5.32 Å². The molecule has 0 radical (unpaired) electrons. The summed E-state index contributed by atoms with van der Waals surface area (Å²) >= 11 is 3.47. The minimum atomic E-state index is 0.0949. The van der Waals surface area contributed by atoms with Crippen molar-refractivity contribution < 1.29 is 9.84 Å². The van der Waals surface area contributed by atoms with Gasteiger partial charge < -0.3 is 15.2 Å². The molecule has 0 fully saturated rings. The van der Waals surface area contributed by atoms with Crippen LogP contribution in [-0.4, -0.2) is 25.9 Å². The third kappa shape index (κ3) is 3.44. The number of aliphatic hydroxyl groups excluding tert-OH is 1. The first-order valence-electron chi connectivity index (χ1n) is 5.79. The van der Waals surface area contributed by atoms with Gasteiger partial charge in [-0.05, 0) is 31.7 Å². The number of hydrogen-bond donors (Lipinski definition) is 2. The maximum absolute atomic E-state index is 9.43. The lowest BCUT2D eigenvalue weighted by molar-refractivity contribution is 0.187. The number of halogens is 1. The Hall–Kier alpha value is -0.580. The molecular formula is C13H20BrNO2. The highest BCUT2D eigenvalue weighted by atomic mass is 79.9. The highest BCUT2D eigenvalue weighted by molar-refractivity contribution is 9.10. The molecule has 2 atom stereocenters. The number of methoxy groups -OCH3 is 1. The highest BCUT2D eigenvalue weighted by Crippen LogP contribution is 2.33. The Balaban J connectivity index is 3.13. The van der Waals surface area contributed by atoms with Crippen LogP contribution < -0.4 is 10.1 Å². The van der Waals surface area contributed by atoms with Crippen molar-refractivity contribution in [2.24, 2.45) is 5.92 Å². The van der Waals surface area contributed by atoms with E-state index in [9.17, 15) is 5.11 Å². The van der Waals surface area contributed by atoms with Gasteiger partial charge >= 0.3 is 0 Å². The van der Waals surface area contributed by atoms with Gasteiger partial charge in [0, 0.05) is 28.6 Å². The zero-order valence-corrected chi connectivity index (χ0v) is 12.1. The summed E-state index contributed by atoms with van der Waals surface area (Å²) in [6, 6.07) is 6.03. The first kappa shape index (κ1) is 14.5. The largest absolute Gasteiger partial charge is 0.496 e. The monoisotopic (exact) mass is 301 g/mol. The number of rotatable bonds is 6. The molecule has 1 aromatic rings. The van der Waals surface area contributed by atoms with E-state index in [1.165, 1.54) is 0 Å². The fourth-order valence-corrected chi connectivity index (χ4v) is 2.44. The molecule has 0 amide bonds. The summed E-state index contributed by atoms with van der Waals surface area (Å²) in [5, 5.41) is 12.7. The van der Waals surface area contributed by atoms with Gasteiger partial charge in [0.1, 0.15) is 5.75 Å². The Morgan fingerprint density at radius 3 is 2.65 bits per heavy atom. The quantitative estimate of drug-likeness (QED) is 0.849. The SMILES string of the molecule is CCC(CO)C(NC)c1cc(Br)ccc1OC. The van der Waals surface area contributed by atoms with Crippen molar-refractivity contribution >= 4 is 15.9 Å². The number of aliphatic hydroxyl groups is 1. The van der Waals surface area contributed by atoms with Gasteiger partial charge in [-0.1, -0.05) is 22.9 Å². The summed E-state index contributed by atoms with van der Waals surface area (Å²) in [5.41, 5.74) is 1.07.